The van der Waals surface area contributed by atoms with Gasteiger partial charge < -0.3 is 4.74 Å². The van der Waals surface area contributed by atoms with Gasteiger partial charge in [-0.05, 0) is 59.8 Å². The molecule has 1 aromatic rings. The van der Waals surface area contributed by atoms with E-state index in [0.717, 1.165) is 18.6 Å². The SMILES string of the molecule is Fc1ccc(OC2CCCCCC2)c(Br)c1. The van der Waals surface area contributed by atoms with Gasteiger partial charge in [0, 0.05) is 0 Å². The normalized spacial score (nSPS) is 18.1. The summed E-state index contributed by atoms with van der Waals surface area (Å²) in [5.41, 5.74) is 0. The van der Waals surface area contributed by atoms with Gasteiger partial charge in [0.25, 0.3) is 0 Å². The maximum Gasteiger partial charge on any atom is 0.134 e. The lowest BCUT2D eigenvalue weighted by atomic mass is 10.1. The van der Waals surface area contributed by atoms with Crippen LogP contribution in [0, 0.1) is 5.82 Å². The van der Waals surface area contributed by atoms with Crippen LogP contribution in [0.4, 0.5) is 4.39 Å². The van der Waals surface area contributed by atoms with Crippen LogP contribution in [0.1, 0.15) is 38.5 Å². The maximum absolute atomic E-state index is 12.9. The molecule has 0 N–H and O–H groups in total. The van der Waals surface area contributed by atoms with Crippen LogP contribution in [0.15, 0.2) is 22.7 Å². The van der Waals surface area contributed by atoms with Crippen LogP contribution in [-0.4, -0.2) is 6.10 Å². The van der Waals surface area contributed by atoms with Crippen molar-refractivity contribution in [2.45, 2.75) is 44.6 Å². The van der Waals surface area contributed by atoms with Crippen molar-refractivity contribution in [2.75, 3.05) is 0 Å². The number of hydrogen-bond donors (Lipinski definition) is 0. The van der Waals surface area contributed by atoms with E-state index in [0.29, 0.717) is 10.6 Å². The zero-order chi connectivity index (χ0) is 11.4. The Morgan fingerprint density at radius 2 is 1.81 bits per heavy atom. The van der Waals surface area contributed by atoms with Gasteiger partial charge >= 0.3 is 0 Å². The molecule has 0 atom stereocenters. The Labute approximate surface area is 104 Å². The molecule has 1 saturated carbocycles. The van der Waals surface area contributed by atoms with Gasteiger partial charge in [0.05, 0.1) is 10.6 Å². The van der Waals surface area contributed by atoms with Crippen LogP contribution in [-0.2, 0) is 0 Å². The molecule has 0 unspecified atom stereocenters. The highest BCUT2D eigenvalue weighted by Crippen LogP contribution is 2.29. The first-order chi connectivity index (χ1) is 7.75. The Morgan fingerprint density at radius 1 is 1.12 bits per heavy atom. The minimum Gasteiger partial charge on any atom is -0.489 e. The summed E-state index contributed by atoms with van der Waals surface area (Å²) >= 11 is 3.33. The van der Waals surface area contributed by atoms with E-state index in [4.69, 9.17) is 4.74 Å². The van der Waals surface area contributed by atoms with Crippen molar-refractivity contribution in [2.24, 2.45) is 0 Å². The Balaban J connectivity index is 2.01. The van der Waals surface area contributed by atoms with Crippen LogP contribution in [0.3, 0.4) is 0 Å². The van der Waals surface area contributed by atoms with Gasteiger partial charge in [-0.1, -0.05) is 12.8 Å². The lowest BCUT2D eigenvalue weighted by Gasteiger charge is -2.17. The second-order valence-corrected chi connectivity index (χ2v) is 5.16. The fourth-order valence-corrected chi connectivity index (χ4v) is 2.55. The van der Waals surface area contributed by atoms with E-state index in [1.807, 2.05) is 0 Å². The van der Waals surface area contributed by atoms with E-state index in [1.54, 1.807) is 6.07 Å². The lowest BCUT2D eigenvalue weighted by Crippen LogP contribution is -2.15. The molecule has 1 nitrogen and oxygen atoms in total. The molecule has 1 fully saturated rings. The number of rotatable bonds is 2. The van der Waals surface area contributed by atoms with Crippen molar-refractivity contribution in [3.8, 4) is 5.75 Å². The first-order valence-corrected chi connectivity index (χ1v) is 6.67. The van der Waals surface area contributed by atoms with Crippen molar-refractivity contribution in [1.29, 1.82) is 0 Å². The molecule has 16 heavy (non-hydrogen) atoms. The van der Waals surface area contributed by atoms with E-state index >= 15 is 0 Å². The van der Waals surface area contributed by atoms with E-state index in [-0.39, 0.29) is 5.82 Å². The van der Waals surface area contributed by atoms with Gasteiger partial charge in [-0.15, -0.1) is 0 Å². The van der Waals surface area contributed by atoms with Crippen LogP contribution in [0.2, 0.25) is 0 Å². The molecule has 1 aromatic carbocycles. The maximum atomic E-state index is 12.9. The van der Waals surface area contributed by atoms with E-state index in [1.165, 1.54) is 37.8 Å². The summed E-state index contributed by atoms with van der Waals surface area (Å²) in [7, 11) is 0. The summed E-state index contributed by atoms with van der Waals surface area (Å²) in [6.07, 6.45) is 7.62. The summed E-state index contributed by atoms with van der Waals surface area (Å²) in [5, 5.41) is 0. The topological polar surface area (TPSA) is 9.23 Å². The summed E-state index contributed by atoms with van der Waals surface area (Å²) in [4.78, 5) is 0. The Hall–Kier alpha value is -0.570. The molecular formula is C13H16BrFO. The van der Waals surface area contributed by atoms with Crippen molar-refractivity contribution < 1.29 is 9.13 Å². The summed E-state index contributed by atoms with van der Waals surface area (Å²) in [6.45, 7) is 0. The molecule has 0 radical (unpaired) electrons. The van der Waals surface area contributed by atoms with Gasteiger partial charge in [-0.3, -0.25) is 0 Å². The van der Waals surface area contributed by atoms with E-state index in [2.05, 4.69) is 15.9 Å². The van der Waals surface area contributed by atoms with Crippen LogP contribution < -0.4 is 4.74 Å². The highest BCUT2D eigenvalue weighted by molar-refractivity contribution is 9.10. The second kappa shape index (κ2) is 5.67. The summed E-state index contributed by atoms with van der Waals surface area (Å²) in [6, 6.07) is 4.59. The summed E-state index contributed by atoms with van der Waals surface area (Å²) in [5.74, 6) is 0.522. The molecule has 0 aromatic heterocycles. The van der Waals surface area contributed by atoms with Gasteiger partial charge in [0.1, 0.15) is 11.6 Å². The van der Waals surface area contributed by atoms with Gasteiger partial charge in [-0.2, -0.15) is 0 Å². The molecular weight excluding hydrogens is 271 g/mol. The largest absolute Gasteiger partial charge is 0.489 e. The standard InChI is InChI=1S/C13H16BrFO/c14-12-9-10(15)7-8-13(12)16-11-5-3-1-2-4-6-11/h7-9,11H,1-6H2. The highest BCUT2D eigenvalue weighted by atomic mass is 79.9. The Kier molecular flexibility index (Phi) is 4.22. The first-order valence-electron chi connectivity index (χ1n) is 5.87. The average molecular weight is 287 g/mol. The van der Waals surface area contributed by atoms with Crippen molar-refractivity contribution in [1.82, 2.24) is 0 Å². The molecule has 0 aliphatic heterocycles. The zero-order valence-electron chi connectivity index (χ0n) is 9.22. The first kappa shape index (κ1) is 11.9. The lowest BCUT2D eigenvalue weighted by molar-refractivity contribution is 0.182. The highest BCUT2D eigenvalue weighted by Gasteiger charge is 2.15. The third-order valence-corrected chi connectivity index (χ3v) is 3.61. The van der Waals surface area contributed by atoms with Gasteiger partial charge in [-0.25, -0.2) is 4.39 Å². The third-order valence-electron chi connectivity index (χ3n) is 2.99. The van der Waals surface area contributed by atoms with Crippen LogP contribution >= 0.6 is 15.9 Å². The Morgan fingerprint density at radius 3 is 2.44 bits per heavy atom. The van der Waals surface area contributed by atoms with Crippen molar-refractivity contribution in [3.05, 3.63) is 28.5 Å². The molecule has 1 aliphatic rings. The smallest absolute Gasteiger partial charge is 0.134 e. The molecule has 0 saturated heterocycles. The molecule has 3 heteroatoms. The molecule has 2 rings (SSSR count). The molecule has 1 aliphatic carbocycles. The number of ether oxygens (including phenoxy) is 1. The predicted molar refractivity (Wildman–Crippen MR) is 66.2 cm³/mol. The Bertz CT molecular complexity index is 346. The fraction of sp³-hybridized carbons (Fsp3) is 0.538. The average Bonchev–Trinajstić information content (AvgIpc) is 2.51. The number of benzene rings is 1. The molecule has 88 valence electrons. The molecule has 0 bridgehead atoms. The quantitative estimate of drug-likeness (QED) is 0.717. The van der Waals surface area contributed by atoms with Gasteiger partial charge in [0.2, 0.25) is 0 Å². The zero-order valence-corrected chi connectivity index (χ0v) is 10.8. The van der Waals surface area contributed by atoms with Crippen molar-refractivity contribution >= 4 is 15.9 Å². The van der Waals surface area contributed by atoms with Crippen LogP contribution in [0.5, 0.6) is 5.75 Å². The molecule has 0 spiro atoms. The minimum absolute atomic E-state index is 0.236. The number of hydrogen-bond acceptors (Lipinski definition) is 1. The van der Waals surface area contributed by atoms with Crippen molar-refractivity contribution in [3.63, 3.8) is 0 Å². The minimum atomic E-state index is -0.236. The van der Waals surface area contributed by atoms with Crippen LogP contribution in [0.25, 0.3) is 0 Å². The molecule has 0 heterocycles. The third kappa shape index (κ3) is 3.21. The summed E-state index contributed by atoms with van der Waals surface area (Å²) < 4.78 is 19.5. The van der Waals surface area contributed by atoms with E-state index < -0.39 is 0 Å². The second-order valence-electron chi connectivity index (χ2n) is 4.31. The van der Waals surface area contributed by atoms with E-state index in [9.17, 15) is 4.39 Å². The fourth-order valence-electron chi connectivity index (χ4n) is 2.11. The molecule has 0 amide bonds. The number of halogens is 2. The van der Waals surface area contributed by atoms with Gasteiger partial charge in [0.15, 0.2) is 0 Å². The predicted octanol–water partition coefficient (Wildman–Crippen LogP) is 4.69. The monoisotopic (exact) mass is 286 g/mol.